The first-order chi connectivity index (χ1) is 8.58. The van der Waals surface area contributed by atoms with E-state index in [-0.39, 0.29) is 12.8 Å². The lowest BCUT2D eigenvalue weighted by Gasteiger charge is -2.01. The standard InChI is InChI=1S/C12H11ClN2O3/c1-7-3-2-4-8(11(7)13)12-15-14-9(18-12)5-6-10(16)17/h2-4H,5-6H2,1H3,(H,16,17). The molecule has 0 bridgehead atoms. The Labute approximate surface area is 108 Å². The first-order valence-corrected chi connectivity index (χ1v) is 5.75. The zero-order valence-corrected chi connectivity index (χ0v) is 10.4. The topological polar surface area (TPSA) is 76.2 Å². The van der Waals surface area contributed by atoms with Gasteiger partial charge in [-0.25, -0.2) is 0 Å². The van der Waals surface area contributed by atoms with Gasteiger partial charge in [0.25, 0.3) is 0 Å². The Morgan fingerprint density at radius 1 is 1.44 bits per heavy atom. The Morgan fingerprint density at radius 2 is 2.22 bits per heavy atom. The van der Waals surface area contributed by atoms with Gasteiger partial charge in [-0.2, -0.15) is 0 Å². The van der Waals surface area contributed by atoms with Crippen molar-refractivity contribution in [3.05, 3.63) is 34.7 Å². The highest BCUT2D eigenvalue weighted by molar-refractivity contribution is 6.33. The highest BCUT2D eigenvalue weighted by Crippen LogP contribution is 2.29. The predicted octanol–water partition coefficient (Wildman–Crippen LogP) is 2.72. The molecule has 0 saturated heterocycles. The van der Waals surface area contributed by atoms with E-state index in [9.17, 15) is 4.79 Å². The highest BCUT2D eigenvalue weighted by atomic mass is 35.5. The second-order valence-electron chi connectivity index (χ2n) is 3.83. The summed E-state index contributed by atoms with van der Waals surface area (Å²) in [5, 5.41) is 16.8. The normalized spacial score (nSPS) is 10.6. The third-order valence-corrected chi connectivity index (χ3v) is 2.94. The molecule has 1 heterocycles. The summed E-state index contributed by atoms with van der Waals surface area (Å²) in [5.74, 6) is -0.294. The number of halogens is 1. The number of carboxylic acids is 1. The van der Waals surface area contributed by atoms with Gasteiger partial charge in [-0.05, 0) is 18.6 Å². The summed E-state index contributed by atoms with van der Waals surface area (Å²) in [6.45, 7) is 1.88. The fourth-order valence-corrected chi connectivity index (χ4v) is 1.70. The van der Waals surface area contributed by atoms with E-state index in [0.717, 1.165) is 5.56 Å². The second-order valence-corrected chi connectivity index (χ2v) is 4.21. The van der Waals surface area contributed by atoms with E-state index in [4.69, 9.17) is 21.1 Å². The van der Waals surface area contributed by atoms with Crippen molar-refractivity contribution >= 4 is 17.6 Å². The Bertz CT molecular complexity index is 580. The maximum absolute atomic E-state index is 10.4. The summed E-state index contributed by atoms with van der Waals surface area (Å²) in [6.07, 6.45) is 0.176. The summed E-state index contributed by atoms with van der Waals surface area (Å²) >= 11 is 6.14. The maximum atomic E-state index is 10.4. The van der Waals surface area contributed by atoms with E-state index in [1.54, 1.807) is 6.07 Å². The van der Waals surface area contributed by atoms with Crippen LogP contribution in [0.1, 0.15) is 17.9 Å². The van der Waals surface area contributed by atoms with Gasteiger partial charge in [0.05, 0.1) is 17.0 Å². The second kappa shape index (κ2) is 5.18. The van der Waals surface area contributed by atoms with Crippen LogP contribution in [0.3, 0.4) is 0 Å². The number of aryl methyl sites for hydroxylation is 2. The van der Waals surface area contributed by atoms with Crippen LogP contribution in [0.4, 0.5) is 0 Å². The minimum Gasteiger partial charge on any atom is -0.481 e. The van der Waals surface area contributed by atoms with Crippen molar-refractivity contribution in [3.63, 3.8) is 0 Å². The van der Waals surface area contributed by atoms with Crippen LogP contribution >= 0.6 is 11.6 Å². The molecule has 94 valence electrons. The summed E-state index contributed by atoms with van der Waals surface area (Å²) in [7, 11) is 0. The van der Waals surface area contributed by atoms with Crippen LogP contribution < -0.4 is 0 Å². The van der Waals surface area contributed by atoms with Gasteiger partial charge < -0.3 is 9.52 Å². The number of rotatable bonds is 4. The number of hydrogen-bond acceptors (Lipinski definition) is 4. The Hall–Kier alpha value is -1.88. The maximum Gasteiger partial charge on any atom is 0.303 e. The van der Waals surface area contributed by atoms with Gasteiger partial charge in [0, 0.05) is 6.42 Å². The lowest BCUT2D eigenvalue weighted by molar-refractivity contribution is -0.137. The molecule has 0 aliphatic rings. The van der Waals surface area contributed by atoms with Crippen molar-refractivity contribution in [2.24, 2.45) is 0 Å². The van der Waals surface area contributed by atoms with Crippen molar-refractivity contribution < 1.29 is 14.3 Å². The van der Waals surface area contributed by atoms with Crippen molar-refractivity contribution in [1.29, 1.82) is 0 Å². The van der Waals surface area contributed by atoms with Gasteiger partial charge in [-0.1, -0.05) is 23.7 Å². The third-order valence-electron chi connectivity index (χ3n) is 2.44. The minimum absolute atomic E-state index is 0.0385. The lowest BCUT2D eigenvalue weighted by atomic mass is 10.1. The number of aromatic nitrogens is 2. The fourth-order valence-electron chi connectivity index (χ4n) is 1.49. The molecule has 1 aromatic heterocycles. The van der Waals surface area contributed by atoms with Gasteiger partial charge in [-0.3, -0.25) is 4.79 Å². The first kappa shape index (κ1) is 12.6. The number of aliphatic carboxylic acids is 1. The molecule has 0 saturated carbocycles. The third kappa shape index (κ3) is 2.68. The molecule has 0 atom stereocenters. The molecule has 2 aromatic rings. The Morgan fingerprint density at radius 3 is 2.94 bits per heavy atom. The monoisotopic (exact) mass is 266 g/mol. The largest absolute Gasteiger partial charge is 0.481 e. The van der Waals surface area contributed by atoms with Crippen molar-refractivity contribution in [2.75, 3.05) is 0 Å². The number of benzene rings is 1. The summed E-state index contributed by atoms with van der Waals surface area (Å²) in [4.78, 5) is 10.4. The van der Waals surface area contributed by atoms with E-state index in [1.165, 1.54) is 0 Å². The number of carbonyl (C=O) groups is 1. The molecule has 0 aliphatic heterocycles. The molecule has 0 spiro atoms. The lowest BCUT2D eigenvalue weighted by Crippen LogP contribution is -1.97. The van der Waals surface area contributed by atoms with E-state index in [1.807, 2.05) is 19.1 Å². The number of nitrogens with zero attached hydrogens (tertiary/aromatic N) is 2. The molecule has 1 aromatic carbocycles. The van der Waals surface area contributed by atoms with Gasteiger partial charge in [0.1, 0.15) is 0 Å². The van der Waals surface area contributed by atoms with E-state index < -0.39 is 5.97 Å². The smallest absolute Gasteiger partial charge is 0.303 e. The molecule has 5 nitrogen and oxygen atoms in total. The molecule has 2 rings (SSSR count). The quantitative estimate of drug-likeness (QED) is 0.921. The average Bonchev–Trinajstić information content (AvgIpc) is 2.78. The molecule has 0 radical (unpaired) electrons. The van der Waals surface area contributed by atoms with Gasteiger partial charge in [0.2, 0.25) is 11.8 Å². The zero-order chi connectivity index (χ0) is 13.1. The average molecular weight is 267 g/mol. The van der Waals surface area contributed by atoms with E-state index >= 15 is 0 Å². The van der Waals surface area contributed by atoms with Crippen molar-refractivity contribution in [1.82, 2.24) is 10.2 Å². The molecule has 6 heteroatoms. The Balaban J connectivity index is 2.24. The van der Waals surface area contributed by atoms with E-state index in [0.29, 0.717) is 22.4 Å². The van der Waals surface area contributed by atoms with Crippen molar-refractivity contribution in [3.8, 4) is 11.5 Å². The van der Waals surface area contributed by atoms with Gasteiger partial charge in [0.15, 0.2) is 0 Å². The van der Waals surface area contributed by atoms with Crippen LogP contribution in [0, 0.1) is 6.92 Å². The summed E-state index contributed by atoms with van der Waals surface area (Å²) in [6, 6.07) is 5.51. The fraction of sp³-hybridized carbons (Fsp3) is 0.250. The molecule has 0 amide bonds. The first-order valence-electron chi connectivity index (χ1n) is 5.37. The van der Waals surface area contributed by atoms with Crippen LogP contribution in [0.5, 0.6) is 0 Å². The summed E-state index contributed by atoms with van der Waals surface area (Å²) in [5.41, 5.74) is 1.57. The minimum atomic E-state index is -0.900. The number of hydrogen-bond donors (Lipinski definition) is 1. The van der Waals surface area contributed by atoms with Crippen LogP contribution in [0.15, 0.2) is 22.6 Å². The molecule has 0 unspecified atom stereocenters. The predicted molar refractivity (Wildman–Crippen MR) is 65.4 cm³/mol. The molecule has 1 N–H and O–H groups in total. The SMILES string of the molecule is Cc1cccc(-c2nnc(CCC(=O)O)o2)c1Cl. The molecule has 0 aliphatic carbocycles. The van der Waals surface area contributed by atoms with Crippen LogP contribution in [0.2, 0.25) is 5.02 Å². The Kier molecular flexibility index (Phi) is 3.62. The highest BCUT2D eigenvalue weighted by Gasteiger charge is 2.13. The van der Waals surface area contributed by atoms with Gasteiger partial charge in [-0.15, -0.1) is 10.2 Å². The molecular weight excluding hydrogens is 256 g/mol. The number of carboxylic acid groups (broad SMARTS) is 1. The van der Waals surface area contributed by atoms with Crippen LogP contribution in [0.25, 0.3) is 11.5 Å². The van der Waals surface area contributed by atoms with Gasteiger partial charge >= 0.3 is 5.97 Å². The van der Waals surface area contributed by atoms with Crippen LogP contribution in [-0.2, 0) is 11.2 Å². The van der Waals surface area contributed by atoms with Crippen LogP contribution in [-0.4, -0.2) is 21.3 Å². The van der Waals surface area contributed by atoms with E-state index in [2.05, 4.69) is 10.2 Å². The molecular formula is C12H11ClN2O3. The zero-order valence-electron chi connectivity index (χ0n) is 9.68. The molecule has 0 fully saturated rings. The van der Waals surface area contributed by atoms with Crippen molar-refractivity contribution in [2.45, 2.75) is 19.8 Å². The molecule has 18 heavy (non-hydrogen) atoms. The summed E-state index contributed by atoms with van der Waals surface area (Å²) < 4.78 is 5.39.